The van der Waals surface area contributed by atoms with Gasteiger partial charge < -0.3 is 5.73 Å². The van der Waals surface area contributed by atoms with Crippen molar-refractivity contribution >= 4 is 21.3 Å². The molecular formula is C10H15N3O4S. The van der Waals surface area contributed by atoms with Crippen molar-refractivity contribution in [3.63, 3.8) is 0 Å². The third kappa shape index (κ3) is 2.28. The van der Waals surface area contributed by atoms with Gasteiger partial charge in [-0.05, 0) is 26.3 Å². The average molecular weight is 273 g/mol. The van der Waals surface area contributed by atoms with Gasteiger partial charge >= 0.3 is 5.69 Å². The zero-order valence-electron chi connectivity index (χ0n) is 10.4. The molecular weight excluding hydrogens is 258 g/mol. The van der Waals surface area contributed by atoms with Crippen LogP contribution in [0, 0.1) is 10.1 Å². The maximum absolute atomic E-state index is 12.2. The van der Waals surface area contributed by atoms with Crippen LogP contribution in [0.4, 0.5) is 11.5 Å². The van der Waals surface area contributed by atoms with Crippen molar-refractivity contribution in [2.45, 2.75) is 37.0 Å². The summed E-state index contributed by atoms with van der Waals surface area (Å²) < 4.78 is 23.5. The fourth-order valence-electron chi connectivity index (χ4n) is 1.23. The zero-order valence-corrected chi connectivity index (χ0v) is 11.2. The first-order valence-electron chi connectivity index (χ1n) is 5.29. The molecule has 100 valence electrons. The molecule has 0 unspecified atom stereocenters. The number of pyridine rings is 1. The Labute approximate surface area is 105 Å². The zero-order chi connectivity index (χ0) is 14.1. The van der Waals surface area contributed by atoms with Crippen LogP contribution in [-0.2, 0) is 9.84 Å². The summed E-state index contributed by atoms with van der Waals surface area (Å²) in [4.78, 5) is 13.5. The molecule has 0 aliphatic rings. The van der Waals surface area contributed by atoms with Gasteiger partial charge in [0.2, 0.25) is 15.7 Å². The second kappa shape index (κ2) is 4.52. The van der Waals surface area contributed by atoms with Gasteiger partial charge in [0.05, 0.1) is 9.67 Å². The van der Waals surface area contributed by atoms with E-state index in [1.165, 1.54) is 0 Å². The summed E-state index contributed by atoms with van der Waals surface area (Å²) in [6, 6.07) is 2.17. The van der Waals surface area contributed by atoms with E-state index in [9.17, 15) is 18.5 Å². The third-order valence-electron chi connectivity index (χ3n) is 2.93. The van der Waals surface area contributed by atoms with Crippen molar-refractivity contribution in [1.29, 1.82) is 0 Å². The van der Waals surface area contributed by atoms with Gasteiger partial charge in [0.25, 0.3) is 0 Å². The summed E-state index contributed by atoms with van der Waals surface area (Å²) in [5, 5.41) is 10.3. The first-order valence-corrected chi connectivity index (χ1v) is 6.77. The lowest BCUT2D eigenvalue weighted by molar-refractivity contribution is -0.384. The molecule has 0 saturated carbocycles. The van der Waals surface area contributed by atoms with Crippen LogP contribution in [0.25, 0.3) is 0 Å². The van der Waals surface area contributed by atoms with E-state index in [1.807, 2.05) is 0 Å². The minimum atomic E-state index is -3.67. The van der Waals surface area contributed by atoms with Gasteiger partial charge in [-0.1, -0.05) is 6.92 Å². The maximum atomic E-state index is 12.2. The highest BCUT2D eigenvalue weighted by Crippen LogP contribution is 2.29. The van der Waals surface area contributed by atoms with Gasteiger partial charge in [0.1, 0.15) is 0 Å². The van der Waals surface area contributed by atoms with Crippen LogP contribution in [0.3, 0.4) is 0 Å². The number of nitrogen functional groups attached to an aromatic ring is 1. The molecule has 0 spiro atoms. The largest absolute Gasteiger partial charge is 0.378 e. The van der Waals surface area contributed by atoms with Crippen molar-refractivity contribution in [2.24, 2.45) is 0 Å². The third-order valence-corrected chi connectivity index (χ3v) is 5.45. The highest BCUT2D eigenvalue weighted by Gasteiger charge is 2.35. The minimum absolute atomic E-state index is 0.238. The highest BCUT2D eigenvalue weighted by atomic mass is 32.2. The lowest BCUT2D eigenvalue weighted by Crippen LogP contribution is -2.31. The van der Waals surface area contributed by atoms with E-state index < -0.39 is 31.0 Å². The molecule has 0 aliphatic carbocycles. The van der Waals surface area contributed by atoms with E-state index in [0.717, 1.165) is 12.1 Å². The van der Waals surface area contributed by atoms with E-state index in [-0.39, 0.29) is 5.03 Å². The fraction of sp³-hybridized carbons (Fsp3) is 0.500. The fourth-order valence-corrected chi connectivity index (χ4v) is 2.64. The number of hydrogen-bond acceptors (Lipinski definition) is 6. The van der Waals surface area contributed by atoms with Crippen molar-refractivity contribution in [3.05, 3.63) is 22.2 Å². The Morgan fingerprint density at radius 1 is 1.44 bits per heavy atom. The van der Waals surface area contributed by atoms with Crippen LogP contribution < -0.4 is 5.73 Å². The number of sulfone groups is 1. The molecule has 1 rings (SSSR count). The van der Waals surface area contributed by atoms with E-state index in [4.69, 9.17) is 5.73 Å². The molecule has 0 aromatic carbocycles. The summed E-state index contributed by atoms with van der Waals surface area (Å²) in [6.45, 7) is 4.88. The lowest BCUT2D eigenvalue weighted by Gasteiger charge is -2.22. The molecule has 7 nitrogen and oxygen atoms in total. The number of nitrogens with two attached hydrogens (primary N) is 1. The Hall–Kier alpha value is -1.70. The van der Waals surface area contributed by atoms with Crippen LogP contribution in [0.5, 0.6) is 0 Å². The normalized spacial score (nSPS) is 12.4. The number of aromatic nitrogens is 1. The van der Waals surface area contributed by atoms with E-state index in [2.05, 4.69) is 4.98 Å². The molecule has 0 aliphatic heterocycles. The molecule has 2 N–H and O–H groups in total. The SMILES string of the molecule is CCC(C)(C)S(=O)(=O)c1ccc([N+](=O)[O-])c(N)n1. The molecule has 0 atom stereocenters. The number of anilines is 1. The monoisotopic (exact) mass is 273 g/mol. The summed E-state index contributed by atoms with van der Waals surface area (Å²) in [6.07, 6.45) is 0.397. The minimum Gasteiger partial charge on any atom is -0.378 e. The molecule has 0 fully saturated rings. The molecule has 0 radical (unpaired) electrons. The predicted octanol–water partition coefficient (Wildman–Crippen LogP) is 1.53. The van der Waals surface area contributed by atoms with Crippen LogP contribution >= 0.6 is 0 Å². The number of rotatable bonds is 4. The van der Waals surface area contributed by atoms with Crippen molar-refractivity contribution < 1.29 is 13.3 Å². The Morgan fingerprint density at radius 3 is 2.39 bits per heavy atom. The van der Waals surface area contributed by atoms with Gasteiger partial charge in [-0.2, -0.15) is 0 Å². The topological polar surface area (TPSA) is 116 Å². The van der Waals surface area contributed by atoms with Crippen molar-refractivity contribution in [1.82, 2.24) is 4.98 Å². The molecule has 1 aromatic rings. The summed E-state index contributed by atoms with van der Waals surface area (Å²) in [7, 11) is -3.67. The summed E-state index contributed by atoms with van der Waals surface area (Å²) >= 11 is 0. The van der Waals surface area contributed by atoms with Gasteiger partial charge in [0.15, 0.2) is 5.03 Å². The van der Waals surface area contributed by atoms with Crippen LogP contribution in [0.2, 0.25) is 0 Å². The summed E-state index contributed by atoms with van der Waals surface area (Å²) in [5.74, 6) is -0.395. The van der Waals surface area contributed by atoms with Crippen molar-refractivity contribution in [3.8, 4) is 0 Å². The van der Waals surface area contributed by atoms with Crippen LogP contribution in [-0.4, -0.2) is 23.1 Å². The quantitative estimate of drug-likeness (QED) is 0.656. The van der Waals surface area contributed by atoms with Crippen LogP contribution in [0.15, 0.2) is 17.2 Å². The number of nitrogens with zero attached hydrogens (tertiary/aromatic N) is 2. The van der Waals surface area contributed by atoms with Gasteiger partial charge in [-0.3, -0.25) is 10.1 Å². The molecule has 1 aromatic heterocycles. The lowest BCUT2D eigenvalue weighted by atomic mass is 10.1. The highest BCUT2D eigenvalue weighted by molar-refractivity contribution is 7.92. The average Bonchev–Trinajstić information content (AvgIpc) is 2.28. The van der Waals surface area contributed by atoms with E-state index in [1.54, 1.807) is 20.8 Å². The first kappa shape index (κ1) is 14.4. The van der Waals surface area contributed by atoms with Gasteiger partial charge in [-0.15, -0.1) is 0 Å². The summed E-state index contributed by atoms with van der Waals surface area (Å²) in [5.41, 5.74) is 4.99. The standard InChI is InChI=1S/C10H15N3O4S/c1-4-10(2,3)18(16,17)8-6-5-7(13(14)15)9(11)12-8/h5-6H,4H2,1-3H3,(H2,11,12). The Kier molecular flexibility index (Phi) is 3.61. The van der Waals surface area contributed by atoms with E-state index >= 15 is 0 Å². The Morgan fingerprint density at radius 2 is 2.00 bits per heavy atom. The van der Waals surface area contributed by atoms with Gasteiger partial charge in [0, 0.05) is 6.07 Å². The van der Waals surface area contributed by atoms with Gasteiger partial charge in [-0.25, -0.2) is 13.4 Å². The van der Waals surface area contributed by atoms with Crippen molar-refractivity contribution in [2.75, 3.05) is 5.73 Å². The second-order valence-corrected chi connectivity index (χ2v) is 6.96. The maximum Gasteiger partial charge on any atom is 0.311 e. The first-order chi connectivity index (χ1) is 8.13. The molecule has 1 heterocycles. The molecule has 0 bridgehead atoms. The molecule has 18 heavy (non-hydrogen) atoms. The Bertz CT molecular complexity index is 581. The number of nitro groups is 1. The molecule has 0 saturated heterocycles. The molecule has 0 amide bonds. The molecule has 8 heteroatoms. The smallest absolute Gasteiger partial charge is 0.311 e. The number of hydrogen-bond donors (Lipinski definition) is 1. The van der Waals surface area contributed by atoms with Crippen LogP contribution in [0.1, 0.15) is 27.2 Å². The van der Waals surface area contributed by atoms with E-state index in [0.29, 0.717) is 6.42 Å². The Balaban J connectivity index is 3.37. The second-order valence-electron chi connectivity index (χ2n) is 4.43. The predicted molar refractivity (Wildman–Crippen MR) is 66.9 cm³/mol.